The molecule has 0 unspecified atom stereocenters. The minimum atomic E-state index is -4.72. The van der Waals surface area contributed by atoms with Gasteiger partial charge in [0, 0.05) is 36.3 Å². The molecular weight excluding hydrogens is 610 g/mol. The maximum Gasteiger partial charge on any atom is 0.417 e. The van der Waals surface area contributed by atoms with Crippen LogP contribution in [0.3, 0.4) is 0 Å². The number of rotatable bonds is 6. The Hall–Kier alpha value is -3.71. The predicted molar refractivity (Wildman–Crippen MR) is 144 cm³/mol. The van der Waals surface area contributed by atoms with Gasteiger partial charge >= 0.3 is 6.18 Å². The fourth-order valence-corrected chi connectivity index (χ4v) is 5.16. The highest BCUT2D eigenvalue weighted by atomic mass is 79.9. The summed E-state index contributed by atoms with van der Waals surface area (Å²) in [4.78, 5) is 30.5. The van der Waals surface area contributed by atoms with E-state index < -0.39 is 35.3 Å². The average Bonchev–Trinajstić information content (AvgIpc) is 2.89. The van der Waals surface area contributed by atoms with E-state index >= 15 is 0 Å². The van der Waals surface area contributed by atoms with Gasteiger partial charge in [0.05, 0.1) is 28.2 Å². The molecule has 1 saturated carbocycles. The van der Waals surface area contributed by atoms with Crippen molar-refractivity contribution in [3.63, 3.8) is 0 Å². The highest BCUT2D eigenvalue weighted by Crippen LogP contribution is 2.43. The summed E-state index contributed by atoms with van der Waals surface area (Å²) in [6, 6.07) is 5.36. The molecule has 0 amide bonds. The van der Waals surface area contributed by atoms with E-state index in [9.17, 15) is 27.5 Å². The highest BCUT2D eigenvalue weighted by molar-refractivity contribution is 9.10. The molecular formula is C28H24BrF4N5O3. The van der Waals surface area contributed by atoms with Gasteiger partial charge < -0.3 is 9.84 Å². The van der Waals surface area contributed by atoms with E-state index in [2.05, 4.69) is 35.9 Å². The molecule has 4 aromatic rings. The van der Waals surface area contributed by atoms with Crippen LogP contribution in [0.2, 0.25) is 0 Å². The molecule has 1 aliphatic rings. The Morgan fingerprint density at radius 2 is 1.85 bits per heavy atom. The van der Waals surface area contributed by atoms with Crippen LogP contribution in [0.4, 0.5) is 17.6 Å². The van der Waals surface area contributed by atoms with Gasteiger partial charge in [-0.15, -0.1) is 0 Å². The number of ether oxygens (including phenoxy) is 1. The molecule has 41 heavy (non-hydrogen) atoms. The molecule has 0 atom stereocenters. The number of halogens is 5. The van der Waals surface area contributed by atoms with Crippen LogP contribution in [0.1, 0.15) is 54.0 Å². The Morgan fingerprint density at radius 3 is 2.51 bits per heavy atom. The van der Waals surface area contributed by atoms with Crippen LogP contribution in [-0.2, 0) is 12.8 Å². The first kappa shape index (κ1) is 28.8. The topological polar surface area (TPSA) is 103 Å². The summed E-state index contributed by atoms with van der Waals surface area (Å²) in [7, 11) is 0. The summed E-state index contributed by atoms with van der Waals surface area (Å²) >= 11 is 3.25. The molecule has 0 bridgehead atoms. The van der Waals surface area contributed by atoms with Crippen molar-refractivity contribution in [2.75, 3.05) is 0 Å². The van der Waals surface area contributed by atoms with Crippen molar-refractivity contribution in [1.82, 2.24) is 24.5 Å². The van der Waals surface area contributed by atoms with Gasteiger partial charge in [-0.3, -0.25) is 19.3 Å². The van der Waals surface area contributed by atoms with Crippen LogP contribution in [0, 0.1) is 19.7 Å². The van der Waals surface area contributed by atoms with Crippen molar-refractivity contribution in [2.24, 2.45) is 0 Å². The van der Waals surface area contributed by atoms with Crippen LogP contribution < -0.4 is 10.3 Å². The summed E-state index contributed by atoms with van der Waals surface area (Å²) in [5.74, 6) is -0.422. The number of nitrogens with zero attached hydrogens (tertiary/aromatic N) is 5. The van der Waals surface area contributed by atoms with Crippen LogP contribution in [-0.4, -0.2) is 35.2 Å². The van der Waals surface area contributed by atoms with Crippen LogP contribution in [0.5, 0.6) is 5.75 Å². The molecule has 1 fully saturated rings. The van der Waals surface area contributed by atoms with Crippen molar-refractivity contribution < 1.29 is 27.4 Å². The molecule has 0 spiro atoms. The lowest BCUT2D eigenvalue weighted by molar-refractivity contribution is -0.138. The third-order valence-corrected chi connectivity index (χ3v) is 7.63. The third kappa shape index (κ3) is 5.87. The molecule has 4 heterocycles. The monoisotopic (exact) mass is 633 g/mol. The summed E-state index contributed by atoms with van der Waals surface area (Å²) < 4.78 is 59.7. The molecule has 1 aliphatic carbocycles. The third-order valence-electron chi connectivity index (χ3n) is 6.90. The maximum absolute atomic E-state index is 14.2. The second-order valence-electron chi connectivity index (χ2n) is 10.3. The number of pyridine rings is 3. The normalized spacial score (nSPS) is 18.7. The first-order chi connectivity index (χ1) is 19.2. The fourth-order valence-electron chi connectivity index (χ4n) is 4.75. The van der Waals surface area contributed by atoms with Gasteiger partial charge in [0.1, 0.15) is 34.2 Å². The molecule has 0 aromatic carbocycles. The van der Waals surface area contributed by atoms with Crippen LogP contribution in [0.25, 0.3) is 17.1 Å². The molecule has 8 nitrogen and oxygen atoms in total. The molecule has 0 radical (unpaired) electrons. The van der Waals surface area contributed by atoms with E-state index in [4.69, 9.17) is 4.74 Å². The van der Waals surface area contributed by atoms with E-state index in [0.717, 1.165) is 0 Å². The van der Waals surface area contributed by atoms with Gasteiger partial charge in [-0.05, 0) is 73.3 Å². The molecule has 13 heteroatoms. The second-order valence-corrected chi connectivity index (χ2v) is 11.1. The Morgan fingerprint density at radius 1 is 1.12 bits per heavy atom. The average molecular weight is 634 g/mol. The number of hydrogen-bond acceptors (Lipinski definition) is 7. The fraction of sp³-hybridized carbons (Fsp3) is 0.321. The zero-order valence-corrected chi connectivity index (χ0v) is 23.7. The standard InChI is InChI=1S/C28H24BrF4N5O3/c1-14-11-35-20(19-4-5-34-25(37-19)16-9-27(3,40)10-16)8-22(14)38-15(2)6-23(24(29)26(38)39)41-13-21-18(30)7-17(12-36-21)28(31,32)33/h4-8,11-12,16,40H,9-10,13H2,1-3H3. The Kier molecular flexibility index (Phi) is 7.45. The summed E-state index contributed by atoms with van der Waals surface area (Å²) in [6.07, 6.45) is 0.213. The smallest absolute Gasteiger partial charge is 0.417 e. The van der Waals surface area contributed by atoms with Crippen molar-refractivity contribution in [1.29, 1.82) is 0 Å². The lowest BCUT2D eigenvalue weighted by Crippen LogP contribution is -2.39. The molecule has 0 saturated heterocycles. The second kappa shape index (κ2) is 10.6. The molecule has 0 aliphatic heterocycles. The molecule has 214 valence electrons. The minimum absolute atomic E-state index is 0.0366. The van der Waals surface area contributed by atoms with Crippen LogP contribution in [0.15, 0.2) is 52.1 Å². The van der Waals surface area contributed by atoms with E-state index in [1.807, 2.05) is 0 Å². The van der Waals surface area contributed by atoms with E-state index in [0.29, 0.717) is 59.3 Å². The predicted octanol–water partition coefficient (Wildman–Crippen LogP) is 5.83. The van der Waals surface area contributed by atoms with Gasteiger partial charge in [-0.2, -0.15) is 13.2 Å². The van der Waals surface area contributed by atoms with E-state index in [-0.39, 0.29) is 21.8 Å². The van der Waals surface area contributed by atoms with Crippen molar-refractivity contribution in [3.05, 3.63) is 91.8 Å². The van der Waals surface area contributed by atoms with Crippen molar-refractivity contribution in [3.8, 4) is 22.8 Å². The van der Waals surface area contributed by atoms with Crippen LogP contribution >= 0.6 is 15.9 Å². The quantitative estimate of drug-likeness (QED) is 0.267. The van der Waals surface area contributed by atoms with Gasteiger partial charge in [-0.25, -0.2) is 14.4 Å². The number of aliphatic hydroxyl groups is 1. The van der Waals surface area contributed by atoms with E-state index in [1.54, 1.807) is 51.4 Å². The van der Waals surface area contributed by atoms with Gasteiger partial charge in [0.25, 0.3) is 5.56 Å². The number of hydrogen-bond donors (Lipinski definition) is 1. The minimum Gasteiger partial charge on any atom is -0.486 e. The summed E-state index contributed by atoms with van der Waals surface area (Å²) in [5.41, 5.74) is 0.0905. The Balaban J connectivity index is 1.43. The highest BCUT2D eigenvalue weighted by Gasteiger charge is 2.40. The first-order valence-corrected chi connectivity index (χ1v) is 13.3. The summed E-state index contributed by atoms with van der Waals surface area (Å²) in [6.45, 7) is 4.77. The largest absolute Gasteiger partial charge is 0.486 e. The Labute approximate surface area is 240 Å². The van der Waals surface area contributed by atoms with Gasteiger partial charge in [-0.1, -0.05) is 0 Å². The molecule has 5 rings (SSSR count). The van der Waals surface area contributed by atoms with Gasteiger partial charge in [0.2, 0.25) is 0 Å². The molecule has 4 aromatic heterocycles. The number of aromatic nitrogens is 5. The summed E-state index contributed by atoms with van der Waals surface area (Å²) in [5, 5.41) is 10.1. The van der Waals surface area contributed by atoms with E-state index in [1.165, 1.54) is 4.57 Å². The SMILES string of the molecule is Cc1cnc(-c2ccnc(C3CC(C)(O)C3)n2)cc1-n1c(C)cc(OCc2ncc(C(F)(F)F)cc2F)c(Br)c1=O. The maximum atomic E-state index is 14.2. The van der Waals surface area contributed by atoms with Gasteiger partial charge in [0.15, 0.2) is 0 Å². The number of alkyl halides is 3. The van der Waals surface area contributed by atoms with Crippen molar-refractivity contribution >= 4 is 15.9 Å². The Bertz CT molecular complexity index is 1700. The van der Waals surface area contributed by atoms with Crippen molar-refractivity contribution in [2.45, 2.75) is 57.9 Å². The lowest BCUT2D eigenvalue weighted by Gasteiger charge is -2.39. The molecule has 1 N–H and O–H groups in total. The lowest BCUT2D eigenvalue weighted by atomic mass is 9.72. The number of aryl methyl sites for hydroxylation is 2. The zero-order chi connectivity index (χ0) is 29.7. The first-order valence-electron chi connectivity index (χ1n) is 12.5. The zero-order valence-electron chi connectivity index (χ0n) is 22.1.